The maximum Gasteiger partial charge on any atom is 0.255 e. The molecule has 0 saturated carbocycles. The molecule has 6 heteroatoms. The molecule has 2 rings (SSSR count). The number of ether oxygens (including phenoxy) is 2. The molecule has 90 valence electrons. The standard InChI is InChI=1S/C11H13N3O3/c1-7(15-2)11-13-10(14-17-11)8-4-5-9(16-3)12-6-8/h4-7H,1-3H3. The zero-order valence-electron chi connectivity index (χ0n) is 9.88. The third kappa shape index (κ3) is 2.42. The van der Waals surface area contributed by atoms with Crippen molar-refractivity contribution in [1.29, 1.82) is 0 Å². The highest BCUT2D eigenvalue weighted by Crippen LogP contribution is 2.20. The summed E-state index contributed by atoms with van der Waals surface area (Å²) >= 11 is 0. The first-order chi connectivity index (χ1) is 8.24. The molecule has 2 heterocycles. The van der Waals surface area contributed by atoms with Gasteiger partial charge in [-0.1, -0.05) is 5.16 Å². The molecular weight excluding hydrogens is 222 g/mol. The highest BCUT2D eigenvalue weighted by molar-refractivity contribution is 5.53. The molecule has 0 N–H and O–H groups in total. The van der Waals surface area contributed by atoms with E-state index in [9.17, 15) is 0 Å². The van der Waals surface area contributed by atoms with Gasteiger partial charge in [0.2, 0.25) is 11.7 Å². The molecule has 0 aliphatic carbocycles. The summed E-state index contributed by atoms with van der Waals surface area (Å²) in [6, 6.07) is 3.56. The molecule has 2 aromatic rings. The number of hydrogen-bond acceptors (Lipinski definition) is 6. The average molecular weight is 235 g/mol. The summed E-state index contributed by atoms with van der Waals surface area (Å²) in [6.45, 7) is 1.84. The fourth-order valence-corrected chi connectivity index (χ4v) is 1.25. The van der Waals surface area contributed by atoms with Crippen molar-refractivity contribution in [3.63, 3.8) is 0 Å². The molecule has 6 nitrogen and oxygen atoms in total. The summed E-state index contributed by atoms with van der Waals surface area (Å²) < 4.78 is 15.1. The zero-order chi connectivity index (χ0) is 12.3. The topological polar surface area (TPSA) is 70.3 Å². The number of methoxy groups -OCH3 is 2. The Morgan fingerprint density at radius 2 is 2.12 bits per heavy atom. The summed E-state index contributed by atoms with van der Waals surface area (Å²) in [5.41, 5.74) is 0.768. The molecule has 0 amide bonds. The molecule has 0 fully saturated rings. The lowest BCUT2D eigenvalue weighted by Crippen LogP contribution is -1.95. The van der Waals surface area contributed by atoms with Crippen LogP contribution in [-0.4, -0.2) is 29.3 Å². The summed E-state index contributed by atoms with van der Waals surface area (Å²) in [6.07, 6.45) is 1.41. The molecule has 0 spiro atoms. The molecule has 0 saturated heterocycles. The molecule has 0 aromatic carbocycles. The summed E-state index contributed by atoms with van der Waals surface area (Å²) in [5, 5.41) is 3.86. The van der Waals surface area contributed by atoms with Crippen molar-refractivity contribution in [2.75, 3.05) is 14.2 Å². The maximum atomic E-state index is 5.09. The van der Waals surface area contributed by atoms with E-state index < -0.39 is 0 Å². The van der Waals surface area contributed by atoms with Crippen LogP contribution < -0.4 is 4.74 Å². The van der Waals surface area contributed by atoms with Crippen molar-refractivity contribution >= 4 is 0 Å². The van der Waals surface area contributed by atoms with E-state index in [1.165, 1.54) is 0 Å². The van der Waals surface area contributed by atoms with E-state index in [0.717, 1.165) is 5.56 Å². The summed E-state index contributed by atoms with van der Waals surface area (Å²) in [5.74, 6) is 1.47. The summed E-state index contributed by atoms with van der Waals surface area (Å²) in [7, 11) is 3.15. The van der Waals surface area contributed by atoms with Gasteiger partial charge in [-0.05, 0) is 13.0 Å². The first-order valence-electron chi connectivity index (χ1n) is 5.11. The SMILES string of the molecule is COc1ccc(-c2noc(C(C)OC)n2)cn1. The monoisotopic (exact) mass is 235 g/mol. The molecule has 1 atom stereocenters. The molecule has 0 aliphatic rings. The molecule has 2 aromatic heterocycles. The van der Waals surface area contributed by atoms with Gasteiger partial charge in [0.1, 0.15) is 6.10 Å². The van der Waals surface area contributed by atoms with E-state index in [2.05, 4.69) is 15.1 Å². The minimum absolute atomic E-state index is 0.220. The Balaban J connectivity index is 2.24. The normalized spacial score (nSPS) is 12.4. The van der Waals surface area contributed by atoms with Gasteiger partial charge in [-0.2, -0.15) is 4.98 Å². The Kier molecular flexibility index (Phi) is 3.34. The minimum atomic E-state index is -0.220. The number of pyridine rings is 1. The van der Waals surface area contributed by atoms with Crippen molar-refractivity contribution in [3.8, 4) is 17.3 Å². The van der Waals surface area contributed by atoms with E-state index in [1.807, 2.05) is 13.0 Å². The number of nitrogens with zero attached hydrogens (tertiary/aromatic N) is 3. The van der Waals surface area contributed by atoms with Gasteiger partial charge >= 0.3 is 0 Å². The van der Waals surface area contributed by atoms with E-state index in [-0.39, 0.29) is 6.10 Å². The van der Waals surface area contributed by atoms with Gasteiger partial charge < -0.3 is 14.0 Å². The van der Waals surface area contributed by atoms with Crippen molar-refractivity contribution in [2.24, 2.45) is 0 Å². The Hall–Kier alpha value is -1.95. The van der Waals surface area contributed by atoms with Crippen LogP contribution in [-0.2, 0) is 4.74 Å². The first-order valence-corrected chi connectivity index (χ1v) is 5.11. The second-order valence-electron chi connectivity index (χ2n) is 3.42. The van der Waals surface area contributed by atoms with Crippen molar-refractivity contribution in [1.82, 2.24) is 15.1 Å². The van der Waals surface area contributed by atoms with Gasteiger partial charge in [-0.15, -0.1) is 0 Å². The maximum absolute atomic E-state index is 5.09. The predicted octanol–water partition coefficient (Wildman–Crippen LogP) is 1.85. The lowest BCUT2D eigenvalue weighted by atomic mass is 10.3. The number of hydrogen-bond donors (Lipinski definition) is 0. The van der Waals surface area contributed by atoms with Crippen LogP contribution in [0.5, 0.6) is 5.88 Å². The third-order valence-electron chi connectivity index (χ3n) is 2.35. The Morgan fingerprint density at radius 1 is 1.29 bits per heavy atom. The van der Waals surface area contributed by atoms with Crippen LogP contribution in [0.4, 0.5) is 0 Å². The minimum Gasteiger partial charge on any atom is -0.481 e. The predicted molar refractivity (Wildman–Crippen MR) is 59.5 cm³/mol. The quantitative estimate of drug-likeness (QED) is 0.805. The van der Waals surface area contributed by atoms with Crippen LogP contribution in [0, 0.1) is 0 Å². The third-order valence-corrected chi connectivity index (χ3v) is 2.35. The highest BCUT2D eigenvalue weighted by Gasteiger charge is 2.14. The largest absolute Gasteiger partial charge is 0.481 e. The highest BCUT2D eigenvalue weighted by atomic mass is 16.5. The fraction of sp³-hybridized carbons (Fsp3) is 0.364. The van der Waals surface area contributed by atoms with Crippen LogP contribution in [0.1, 0.15) is 18.9 Å². The number of aromatic nitrogens is 3. The van der Waals surface area contributed by atoms with E-state index >= 15 is 0 Å². The van der Waals surface area contributed by atoms with E-state index in [0.29, 0.717) is 17.6 Å². The molecule has 0 bridgehead atoms. The Bertz CT molecular complexity index is 481. The van der Waals surface area contributed by atoms with Gasteiger partial charge in [0, 0.05) is 24.9 Å². The van der Waals surface area contributed by atoms with Crippen LogP contribution in [0.3, 0.4) is 0 Å². The van der Waals surface area contributed by atoms with Gasteiger partial charge in [-0.25, -0.2) is 4.98 Å². The number of rotatable bonds is 4. The van der Waals surface area contributed by atoms with Crippen LogP contribution in [0.2, 0.25) is 0 Å². The van der Waals surface area contributed by atoms with E-state index in [4.69, 9.17) is 14.0 Å². The fourth-order valence-electron chi connectivity index (χ4n) is 1.25. The van der Waals surface area contributed by atoms with Crippen molar-refractivity contribution in [2.45, 2.75) is 13.0 Å². The second-order valence-corrected chi connectivity index (χ2v) is 3.42. The van der Waals surface area contributed by atoms with Gasteiger partial charge in [0.05, 0.1) is 7.11 Å². The van der Waals surface area contributed by atoms with Crippen LogP contribution >= 0.6 is 0 Å². The zero-order valence-corrected chi connectivity index (χ0v) is 9.88. The second kappa shape index (κ2) is 4.92. The molecule has 17 heavy (non-hydrogen) atoms. The Morgan fingerprint density at radius 3 is 2.71 bits per heavy atom. The molecule has 1 unspecified atom stereocenters. The lowest BCUT2D eigenvalue weighted by Gasteiger charge is -2.00. The lowest BCUT2D eigenvalue weighted by molar-refractivity contribution is 0.0886. The summed E-state index contributed by atoms with van der Waals surface area (Å²) in [4.78, 5) is 8.30. The smallest absolute Gasteiger partial charge is 0.255 e. The van der Waals surface area contributed by atoms with Crippen LogP contribution in [0.15, 0.2) is 22.9 Å². The van der Waals surface area contributed by atoms with Gasteiger partial charge in [-0.3, -0.25) is 0 Å². The van der Waals surface area contributed by atoms with E-state index in [1.54, 1.807) is 26.5 Å². The van der Waals surface area contributed by atoms with Crippen LogP contribution in [0.25, 0.3) is 11.4 Å². The first kappa shape index (κ1) is 11.5. The van der Waals surface area contributed by atoms with Crippen molar-refractivity contribution < 1.29 is 14.0 Å². The molecule has 0 aliphatic heterocycles. The van der Waals surface area contributed by atoms with Gasteiger partial charge in [0.15, 0.2) is 0 Å². The average Bonchev–Trinajstić information content (AvgIpc) is 2.87. The Labute approximate surface area is 98.6 Å². The molecule has 0 radical (unpaired) electrons. The molecular formula is C11H13N3O3. The van der Waals surface area contributed by atoms with Gasteiger partial charge in [0.25, 0.3) is 5.89 Å². The van der Waals surface area contributed by atoms with Crippen molar-refractivity contribution in [3.05, 3.63) is 24.2 Å².